The third kappa shape index (κ3) is 7.40. The van der Waals surface area contributed by atoms with Crippen LogP contribution in [0.3, 0.4) is 0 Å². The molecule has 1 atom stereocenters. The monoisotopic (exact) mass is 481 g/mol. The Balaban J connectivity index is 1.18. The van der Waals surface area contributed by atoms with Gasteiger partial charge in [-0.05, 0) is 31.9 Å². The number of piperidine rings is 1. The second-order valence-corrected chi connectivity index (χ2v) is 8.42. The van der Waals surface area contributed by atoms with Crippen LogP contribution in [0.15, 0.2) is 58.3 Å². The first-order valence-corrected chi connectivity index (χ1v) is 11.5. The average Bonchev–Trinajstić information content (AvgIpc) is 3.27. The Morgan fingerprint density at radius 1 is 1.26 bits per heavy atom. The molecule has 0 aliphatic carbocycles. The van der Waals surface area contributed by atoms with Gasteiger partial charge in [0.25, 0.3) is 0 Å². The van der Waals surface area contributed by atoms with E-state index in [-0.39, 0.29) is 31.6 Å². The maximum atomic E-state index is 13.1. The van der Waals surface area contributed by atoms with Crippen molar-refractivity contribution in [2.75, 3.05) is 26.2 Å². The Morgan fingerprint density at radius 2 is 2.09 bits per heavy atom. The first-order valence-electron chi connectivity index (χ1n) is 11.5. The van der Waals surface area contributed by atoms with Crippen LogP contribution < -0.4 is 10.1 Å². The first-order chi connectivity index (χ1) is 16.9. The molecule has 3 heterocycles. The molecular formula is C25H28FN5O4. The standard InChI is InChI=1S/C25H28FN5O4/c1-18-4-6-21(7-5-18)35-22-3-2-9-30(16-22)25(33)17-31-15-20(13-28-31)29-24(32)8-10-34-23-11-19(26)12-27-14-23/h4-7,11-15,22,27H,2-3,8-10,16-17H2,1H3. The van der Waals surface area contributed by atoms with Gasteiger partial charge in [-0.15, -0.1) is 0 Å². The number of aryl methyl sites for hydroxylation is 1. The molecule has 4 rings (SSSR count). The highest BCUT2D eigenvalue weighted by Crippen LogP contribution is 2.20. The Labute approximate surface area is 204 Å². The van der Waals surface area contributed by atoms with Crippen LogP contribution in [0.25, 0.3) is 0 Å². The third-order valence-electron chi connectivity index (χ3n) is 5.54. The van der Waals surface area contributed by atoms with Gasteiger partial charge in [-0.2, -0.15) is 5.10 Å². The van der Waals surface area contributed by atoms with E-state index in [1.165, 1.54) is 35.6 Å². The first kappa shape index (κ1) is 24.4. The Hall–Kier alpha value is -3.69. The SMILES string of the molecule is Cc1ccc(OC2CCCN(C(=O)CN3[CH]C(=NC(=O)CCOC4=CNC=C(F)[CH]4)C=N3)C2)cc1. The summed E-state index contributed by atoms with van der Waals surface area (Å²) in [5, 5.41) is 8.23. The molecule has 2 radical (unpaired) electrons. The van der Waals surface area contributed by atoms with Crippen LogP contribution >= 0.6 is 0 Å². The Kier molecular flexibility index (Phi) is 8.12. The minimum Gasteiger partial charge on any atom is -0.495 e. The molecule has 1 saturated heterocycles. The van der Waals surface area contributed by atoms with Gasteiger partial charge in [-0.3, -0.25) is 14.6 Å². The van der Waals surface area contributed by atoms with Crippen molar-refractivity contribution < 1.29 is 23.5 Å². The van der Waals surface area contributed by atoms with Crippen molar-refractivity contribution in [1.82, 2.24) is 15.2 Å². The predicted octanol–water partition coefficient (Wildman–Crippen LogP) is 2.66. The molecule has 0 spiro atoms. The molecule has 10 heteroatoms. The van der Waals surface area contributed by atoms with Gasteiger partial charge in [-0.25, -0.2) is 9.38 Å². The number of ether oxygens (including phenoxy) is 2. The van der Waals surface area contributed by atoms with E-state index in [0.717, 1.165) is 18.6 Å². The molecule has 1 fully saturated rings. The lowest BCUT2D eigenvalue weighted by atomic mass is 10.1. The molecule has 3 aliphatic rings. The fraction of sp³-hybridized carbons (Fsp3) is 0.360. The summed E-state index contributed by atoms with van der Waals surface area (Å²) in [6.45, 7) is 4.90. The molecule has 1 aromatic rings. The second-order valence-electron chi connectivity index (χ2n) is 8.42. The molecule has 2 amide bonds. The van der Waals surface area contributed by atoms with Gasteiger partial charge in [0.1, 0.15) is 36.5 Å². The number of hydrogen-bond donors (Lipinski definition) is 1. The van der Waals surface area contributed by atoms with Crippen LogP contribution in [-0.4, -0.2) is 66.0 Å². The maximum Gasteiger partial charge on any atom is 0.249 e. The number of likely N-dealkylation sites (tertiary alicyclic amines) is 1. The lowest BCUT2D eigenvalue weighted by molar-refractivity contribution is -0.134. The van der Waals surface area contributed by atoms with E-state index in [0.29, 0.717) is 24.6 Å². The number of rotatable bonds is 8. The minimum atomic E-state index is -0.459. The Morgan fingerprint density at radius 3 is 2.89 bits per heavy atom. The smallest absolute Gasteiger partial charge is 0.249 e. The van der Waals surface area contributed by atoms with Crippen molar-refractivity contribution in [2.24, 2.45) is 10.1 Å². The number of amides is 2. The van der Waals surface area contributed by atoms with Gasteiger partial charge < -0.3 is 19.7 Å². The van der Waals surface area contributed by atoms with E-state index in [4.69, 9.17) is 9.47 Å². The second kappa shape index (κ2) is 11.6. The number of allylic oxidation sites excluding steroid dienone is 1. The molecule has 0 aromatic heterocycles. The quantitative estimate of drug-likeness (QED) is 0.614. The normalized spacial score (nSPS) is 20.9. The summed E-state index contributed by atoms with van der Waals surface area (Å²) in [5.74, 6) is 0.178. The van der Waals surface area contributed by atoms with Gasteiger partial charge in [0.2, 0.25) is 11.8 Å². The number of hydrazone groups is 1. The van der Waals surface area contributed by atoms with Crippen molar-refractivity contribution in [2.45, 2.75) is 32.3 Å². The number of hydrogen-bond acceptors (Lipinski definition) is 7. The molecule has 9 nitrogen and oxygen atoms in total. The molecule has 1 unspecified atom stereocenters. The molecular weight excluding hydrogens is 453 g/mol. The van der Waals surface area contributed by atoms with E-state index < -0.39 is 11.7 Å². The Bertz CT molecular complexity index is 1050. The van der Waals surface area contributed by atoms with Crippen molar-refractivity contribution in [1.29, 1.82) is 0 Å². The number of carbonyl (C=O) groups is 2. The van der Waals surface area contributed by atoms with Crippen LogP contribution in [0.2, 0.25) is 0 Å². The fourth-order valence-corrected chi connectivity index (χ4v) is 3.77. The summed E-state index contributed by atoms with van der Waals surface area (Å²) in [5.41, 5.74) is 1.53. The molecule has 35 heavy (non-hydrogen) atoms. The van der Waals surface area contributed by atoms with Crippen LogP contribution in [-0.2, 0) is 14.3 Å². The highest BCUT2D eigenvalue weighted by atomic mass is 19.1. The minimum absolute atomic E-state index is 0.0246. The average molecular weight is 482 g/mol. The number of nitrogens with zero attached hydrogens (tertiary/aromatic N) is 4. The van der Waals surface area contributed by atoms with E-state index in [1.807, 2.05) is 31.2 Å². The van der Waals surface area contributed by atoms with Crippen LogP contribution in [0, 0.1) is 19.9 Å². The van der Waals surface area contributed by atoms with Gasteiger partial charge >= 0.3 is 0 Å². The van der Waals surface area contributed by atoms with Gasteiger partial charge in [0, 0.05) is 18.9 Å². The number of benzene rings is 1. The lowest BCUT2D eigenvalue weighted by Crippen LogP contribution is -2.47. The molecule has 1 N–H and O–H groups in total. The van der Waals surface area contributed by atoms with E-state index >= 15 is 0 Å². The van der Waals surface area contributed by atoms with Crippen LogP contribution in [0.5, 0.6) is 5.75 Å². The van der Waals surface area contributed by atoms with Crippen LogP contribution in [0.1, 0.15) is 24.8 Å². The molecule has 184 valence electrons. The highest BCUT2D eigenvalue weighted by molar-refractivity contribution is 6.37. The van der Waals surface area contributed by atoms with E-state index in [1.54, 1.807) is 11.4 Å². The van der Waals surface area contributed by atoms with E-state index in [9.17, 15) is 14.0 Å². The predicted molar refractivity (Wildman–Crippen MR) is 129 cm³/mol. The summed E-state index contributed by atoms with van der Waals surface area (Å²) < 4.78 is 24.5. The zero-order chi connectivity index (χ0) is 24.6. The maximum absolute atomic E-state index is 13.1. The third-order valence-corrected chi connectivity index (χ3v) is 5.54. The number of halogens is 1. The van der Waals surface area contributed by atoms with Gasteiger partial charge in [-0.1, -0.05) is 17.7 Å². The van der Waals surface area contributed by atoms with Crippen molar-refractivity contribution in [3.8, 4) is 5.75 Å². The summed E-state index contributed by atoms with van der Waals surface area (Å²) in [6.07, 6.45) is 7.08. The largest absolute Gasteiger partial charge is 0.495 e. The summed E-state index contributed by atoms with van der Waals surface area (Å²) >= 11 is 0. The van der Waals surface area contributed by atoms with Gasteiger partial charge in [0.05, 0.1) is 37.9 Å². The van der Waals surface area contributed by atoms with Crippen molar-refractivity contribution >= 4 is 23.7 Å². The number of nitrogens with one attached hydrogen (secondary N) is 1. The fourth-order valence-electron chi connectivity index (χ4n) is 3.77. The number of aliphatic imine (C=N–C) groups is 1. The zero-order valence-corrected chi connectivity index (χ0v) is 19.5. The summed E-state index contributed by atoms with van der Waals surface area (Å²) in [4.78, 5) is 30.7. The topological polar surface area (TPSA) is 95.8 Å². The van der Waals surface area contributed by atoms with E-state index in [2.05, 4.69) is 15.4 Å². The lowest BCUT2D eigenvalue weighted by Gasteiger charge is -2.33. The van der Waals surface area contributed by atoms with Gasteiger partial charge in [0.15, 0.2) is 0 Å². The number of dihydropyridines is 1. The van der Waals surface area contributed by atoms with Crippen LogP contribution in [0.4, 0.5) is 4.39 Å². The highest BCUT2D eigenvalue weighted by Gasteiger charge is 2.27. The summed E-state index contributed by atoms with van der Waals surface area (Å²) in [7, 11) is 0. The molecule has 0 bridgehead atoms. The van der Waals surface area contributed by atoms with Crippen molar-refractivity contribution in [3.05, 3.63) is 66.8 Å². The molecule has 3 aliphatic heterocycles. The zero-order valence-electron chi connectivity index (χ0n) is 19.5. The summed E-state index contributed by atoms with van der Waals surface area (Å²) in [6, 6.07) is 7.89. The molecule has 1 aromatic carbocycles. The number of carbonyl (C=O) groups excluding carboxylic acids is 2. The molecule has 0 saturated carbocycles. The van der Waals surface area contributed by atoms with Crippen molar-refractivity contribution in [3.63, 3.8) is 0 Å².